The molecule has 0 bridgehead atoms. The van der Waals surface area contributed by atoms with Crippen LogP contribution in [-0.2, 0) is 4.79 Å². The molecule has 1 N–H and O–H groups in total. The summed E-state index contributed by atoms with van der Waals surface area (Å²) >= 11 is 0. The van der Waals surface area contributed by atoms with Crippen molar-refractivity contribution in [2.45, 2.75) is 26.4 Å². The first kappa shape index (κ1) is 9.26. The smallest absolute Gasteiger partial charge is 0.246 e. The van der Waals surface area contributed by atoms with Gasteiger partial charge < -0.3 is 10.0 Å². The van der Waals surface area contributed by atoms with Gasteiger partial charge in [0.1, 0.15) is 0 Å². The Balaban J connectivity index is 2.49. The Kier molecular flexibility index (Phi) is 2.87. The highest BCUT2D eigenvalue weighted by Crippen LogP contribution is 2.09. The lowest BCUT2D eigenvalue weighted by atomic mass is 10.3. The van der Waals surface area contributed by atoms with Crippen molar-refractivity contribution in [3.63, 3.8) is 0 Å². The van der Waals surface area contributed by atoms with Gasteiger partial charge in [0.2, 0.25) is 5.91 Å². The number of nitrogens with zero attached hydrogens (tertiary/aromatic N) is 1. The predicted molar refractivity (Wildman–Crippen MR) is 46.6 cm³/mol. The minimum absolute atomic E-state index is 0.0200. The average molecular weight is 169 g/mol. The van der Waals surface area contributed by atoms with E-state index < -0.39 is 0 Å². The highest BCUT2D eigenvalue weighted by Gasteiger charge is 2.22. The van der Waals surface area contributed by atoms with E-state index in [-0.39, 0.29) is 12.0 Å². The lowest BCUT2D eigenvalue weighted by Gasteiger charge is -2.12. The standard InChI is InChI=1S/C9H15NO2/c1-7(2)5-9(12)10-4-3-8(11)6-10/h5,8,11H,3-4,6H2,1-2H3/t8-/m1/s1. The van der Waals surface area contributed by atoms with Gasteiger partial charge in [-0.3, -0.25) is 4.79 Å². The molecule has 3 nitrogen and oxygen atoms in total. The maximum atomic E-state index is 11.3. The normalized spacial score (nSPS) is 22.6. The summed E-state index contributed by atoms with van der Waals surface area (Å²) in [6.45, 7) is 4.96. The molecular formula is C9H15NO2. The second kappa shape index (κ2) is 3.72. The highest BCUT2D eigenvalue weighted by atomic mass is 16.3. The van der Waals surface area contributed by atoms with Crippen LogP contribution in [0.3, 0.4) is 0 Å². The molecule has 1 atom stereocenters. The van der Waals surface area contributed by atoms with Gasteiger partial charge in [-0.15, -0.1) is 0 Å². The Morgan fingerprint density at radius 2 is 2.25 bits per heavy atom. The highest BCUT2D eigenvalue weighted by molar-refractivity contribution is 5.88. The van der Waals surface area contributed by atoms with Gasteiger partial charge in [-0.05, 0) is 20.3 Å². The molecule has 0 aliphatic carbocycles. The van der Waals surface area contributed by atoms with E-state index >= 15 is 0 Å². The number of carbonyl (C=O) groups excluding carboxylic acids is 1. The summed E-state index contributed by atoms with van der Waals surface area (Å²) in [7, 11) is 0. The summed E-state index contributed by atoms with van der Waals surface area (Å²) < 4.78 is 0. The van der Waals surface area contributed by atoms with Crippen LogP contribution >= 0.6 is 0 Å². The SMILES string of the molecule is CC(C)=CC(=O)N1CC[C@@H](O)C1. The molecule has 0 aromatic rings. The van der Waals surface area contributed by atoms with Gasteiger partial charge >= 0.3 is 0 Å². The molecule has 0 aromatic heterocycles. The number of allylic oxidation sites excluding steroid dienone is 1. The molecule has 12 heavy (non-hydrogen) atoms. The van der Waals surface area contributed by atoms with Crippen LogP contribution in [0.25, 0.3) is 0 Å². The fourth-order valence-corrected chi connectivity index (χ4v) is 1.28. The fourth-order valence-electron chi connectivity index (χ4n) is 1.28. The summed E-state index contributed by atoms with van der Waals surface area (Å²) in [5.74, 6) is 0.0200. The molecule has 0 spiro atoms. The number of hydrogen-bond donors (Lipinski definition) is 1. The Labute approximate surface area is 72.7 Å². The molecule has 68 valence electrons. The quantitative estimate of drug-likeness (QED) is 0.582. The van der Waals surface area contributed by atoms with Crippen molar-refractivity contribution in [1.29, 1.82) is 0 Å². The Bertz CT molecular complexity index is 207. The molecule has 1 rings (SSSR count). The third-order valence-corrected chi connectivity index (χ3v) is 1.89. The molecule has 1 saturated heterocycles. The summed E-state index contributed by atoms with van der Waals surface area (Å²) in [4.78, 5) is 13.0. The molecule has 1 fully saturated rings. The number of amides is 1. The molecule has 1 aliphatic rings. The predicted octanol–water partition coefficient (Wildman–Crippen LogP) is 0.546. The first-order chi connectivity index (χ1) is 5.59. The van der Waals surface area contributed by atoms with Crippen molar-refractivity contribution in [3.05, 3.63) is 11.6 Å². The average Bonchev–Trinajstić information content (AvgIpc) is 2.34. The lowest BCUT2D eigenvalue weighted by molar-refractivity contribution is -0.125. The number of likely N-dealkylation sites (tertiary alicyclic amines) is 1. The molecule has 0 aromatic carbocycles. The molecule has 3 heteroatoms. The van der Waals surface area contributed by atoms with Gasteiger partial charge in [-0.2, -0.15) is 0 Å². The Hall–Kier alpha value is -0.830. The van der Waals surface area contributed by atoms with E-state index in [9.17, 15) is 4.79 Å². The van der Waals surface area contributed by atoms with Crippen molar-refractivity contribution in [1.82, 2.24) is 4.90 Å². The summed E-state index contributed by atoms with van der Waals surface area (Å²) in [5.41, 5.74) is 1.00. The van der Waals surface area contributed by atoms with Crippen LogP contribution in [0.4, 0.5) is 0 Å². The summed E-state index contributed by atoms with van der Waals surface area (Å²) in [6.07, 6.45) is 2.00. The van der Waals surface area contributed by atoms with Crippen LogP contribution < -0.4 is 0 Å². The largest absolute Gasteiger partial charge is 0.391 e. The summed E-state index contributed by atoms with van der Waals surface area (Å²) in [6, 6.07) is 0. The zero-order valence-corrected chi connectivity index (χ0v) is 7.58. The van der Waals surface area contributed by atoms with Gasteiger partial charge in [-0.1, -0.05) is 5.57 Å². The number of hydrogen-bond acceptors (Lipinski definition) is 2. The third-order valence-electron chi connectivity index (χ3n) is 1.89. The van der Waals surface area contributed by atoms with Crippen LogP contribution in [0.15, 0.2) is 11.6 Å². The lowest BCUT2D eigenvalue weighted by Crippen LogP contribution is -2.27. The number of aliphatic hydroxyl groups excluding tert-OH is 1. The Morgan fingerprint density at radius 3 is 2.67 bits per heavy atom. The van der Waals surface area contributed by atoms with Gasteiger partial charge in [0.15, 0.2) is 0 Å². The first-order valence-electron chi connectivity index (χ1n) is 4.21. The minimum atomic E-state index is -0.320. The van der Waals surface area contributed by atoms with Crippen molar-refractivity contribution >= 4 is 5.91 Å². The van der Waals surface area contributed by atoms with Crippen molar-refractivity contribution < 1.29 is 9.90 Å². The number of aliphatic hydroxyl groups is 1. The minimum Gasteiger partial charge on any atom is -0.391 e. The van der Waals surface area contributed by atoms with Gasteiger partial charge in [0.05, 0.1) is 6.10 Å². The van der Waals surface area contributed by atoms with Crippen LogP contribution in [-0.4, -0.2) is 35.1 Å². The van der Waals surface area contributed by atoms with Crippen molar-refractivity contribution in [3.8, 4) is 0 Å². The van der Waals surface area contributed by atoms with E-state index in [2.05, 4.69) is 0 Å². The molecule has 1 amide bonds. The molecule has 0 unspecified atom stereocenters. The molecule has 0 saturated carbocycles. The maximum Gasteiger partial charge on any atom is 0.246 e. The first-order valence-corrected chi connectivity index (χ1v) is 4.21. The molecular weight excluding hydrogens is 154 g/mol. The van der Waals surface area contributed by atoms with E-state index in [1.165, 1.54) is 0 Å². The van der Waals surface area contributed by atoms with Gasteiger partial charge in [0.25, 0.3) is 0 Å². The topological polar surface area (TPSA) is 40.5 Å². The monoisotopic (exact) mass is 169 g/mol. The number of β-amino-alcohol motifs (C(OH)–C–C–N with tert-alkyl or cyclic N) is 1. The van der Waals surface area contributed by atoms with Gasteiger partial charge in [-0.25, -0.2) is 0 Å². The summed E-state index contributed by atoms with van der Waals surface area (Å²) in [5, 5.41) is 9.17. The maximum absolute atomic E-state index is 11.3. The second-order valence-corrected chi connectivity index (χ2v) is 3.45. The van der Waals surface area contributed by atoms with E-state index in [1.807, 2.05) is 13.8 Å². The van der Waals surface area contributed by atoms with Crippen LogP contribution in [0.2, 0.25) is 0 Å². The van der Waals surface area contributed by atoms with Crippen LogP contribution in [0, 0.1) is 0 Å². The van der Waals surface area contributed by atoms with Crippen molar-refractivity contribution in [2.75, 3.05) is 13.1 Å². The van der Waals surface area contributed by atoms with Crippen LogP contribution in [0.1, 0.15) is 20.3 Å². The number of rotatable bonds is 1. The second-order valence-electron chi connectivity index (χ2n) is 3.45. The molecule has 0 radical (unpaired) electrons. The van der Waals surface area contributed by atoms with Gasteiger partial charge in [0, 0.05) is 19.2 Å². The van der Waals surface area contributed by atoms with E-state index in [1.54, 1.807) is 11.0 Å². The zero-order valence-electron chi connectivity index (χ0n) is 7.58. The van der Waals surface area contributed by atoms with E-state index in [0.717, 1.165) is 5.57 Å². The molecule has 1 heterocycles. The zero-order chi connectivity index (χ0) is 9.14. The van der Waals surface area contributed by atoms with E-state index in [0.29, 0.717) is 19.5 Å². The Morgan fingerprint density at radius 1 is 1.58 bits per heavy atom. The third kappa shape index (κ3) is 2.34. The van der Waals surface area contributed by atoms with Crippen molar-refractivity contribution in [2.24, 2.45) is 0 Å². The molecule has 1 aliphatic heterocycles. The van der Waals surface area contributed by atoms with Crippen LogP contribution in [0.5, 0.6) is 0 Å². The van der Waals surface area contributed by atoms with E-state index in [4.69, 9.17) is 5.11 Å². The number of carbonyl (C=O) groups is 1. The fraction of sp³-hybridized carbons (Fsp3) is 0.667.